The van der Waals surface area contributed by atoms with E-state index in [0.717, 1.165) is 19.8 Å². The van der Waals surface area contributed by atoms with E-state index >= 15 is 0 Å². The minimum Gasteiger partial charge on any atom is -0.380 e. The van der Waals surface area contributed by atoms with Gasteiger partial charge in [-0.15, -0.1) is 0 Å². The molecule has 1 heterocycles. The van der Waals surface area contributed by atoms with Gasteiger partial charge in [-0.2, -0.15) is 0 Å². The van der Waals surface area contributed by atoms with E-state index in [1.165, 1.54) is 6.42 Å². The van der Waals surface area contributed by atoms with Gasteiger partial charge in [-0.05, 0) is 13.0 Å². The zero-order chi connectivity index (χ0) is 7.82. The predicted octanol–water partition coefficient (Wildman–Crippen LogP) is 1.41. The van der Waals surface area contributed by atoms with Crippen LogP contribution in [0.15, 0.2) is 0 Å². The van der Waals surface area contributed by atoms with Crippen LogP contribution in [0.1, 0.15) is 27.2 Å². The molecule has 1 aliphatic rings. The number of rotatable bonds is 2. The molecule has 1 unspecified atom stereocenters. The molecule has 1 N–H and O–H groups in total. The summed E-state index contributed by atoms with van der Waals surface area (Å²) in [5, 5.41) is 3.32. The smallest absolute Gasteiger partial charge is 0.0620 e. The van der Waals surface area contributed by atoms with Crippen molar-refractivity contribution in [2.24, 2.45) is 0 Å². The molecule has 0 aliphatic carbocycles. The third-order valence-electron chi connectivity index (χ3n) is 1.42. The molecule has 0 aromatic carbocycles. The van der Waals surface area contributed by atoms with Crippen LogP contribution in [0.3, 0.4) is 0 Å². The molecule has 0 aromatic heterocycles. The Morgan fingerprint density at radius 3 is 2.60 bits per heavy atom. The van der Waals surface area contributed by atoms with Crippen LogP contribution in [0, 0.1) is 0 Å². The third-order valence-corrected chi connectivity index (χ3v) is 1.42. The van der Waals surface area contributed by atoms with Crippen molar-refractivity contribution in [3.63, 3.8) is 0 Å². The average Bonchev–Trinajstić information content (AvgIpc) is 2.46. The van der Waals surface area contributed by atoms with Gasteiger partial charge in [-0.3, -0.25) is 0 Å². The van der Waals surface area contributed by atoms with Gasteiger partial charge in [0.05, 0.1) is 6.61 Å². The molecule has 0 spiro atoms. The molecular formula is C8H19NO. The number of hydrogen-bond donors (Lipinski definition) is 1. The van der Waals surface area contributed by atoms with Gasteiger partial charge >= 0.3 is 0 Å². The average molecular weight is 145 g/mol. The Morgan fingerprint density at radius 2 is 2.20 bits per heavy atom. The standard InChI is InChI=1S/C6H13NO.C2H6/c1-2-7-6-3-4-8-5-6;1-2/h6-7H,2-5H2,1H3;1-2H3. The van der Waals surface area contributed by atoms with E-state index in [9.17, 15) is 0 Å². The highest BCUT2D eigenvalue weighted by molar-refractivity contribution is 4.69. The van der Waals surface area contributed by atoms with Crippen LogP contribution < -0.4 is 5.32 Å². The van der Waals surface area contributed by atoms with Gasteiger partial charge < -0.3 is 10.1 Å². The molecule has 1 saturated heterocycles. The van der Waals surface area contributed by atoms with Crippen molar-refractivity contribution in [2.75, 3.05) is 19.8 Å². The lowest BCUT2D eigenvalue weighted by Crippen LogP contribution is -2.28. The predicted molar refractivity (Wildman–Crippen MR) is 44.2 cm³/mol. The largest absolute Gasteiger partial charge is 0.380 e. The molecule has 0 amide bonds. The Bertz CT molecular complexity index is 60.3. The van der Waals surface area contributed by atoms with Gasteiger partial charge in [0.15, 0.2) is 0 Å². The monoisotopic (exact) mass is 145 g/mol. The summed E-state index contributed by atoms with van der Waals surface area (Å²) < 4.78 is 5.15. The van der Waals surface area contributed by atoms with Crippen LogP contribution >= 0.6 is 0 Å². The van der Waals surface area contributed by atoms with E-state index in [1.54, 1.807) is 0 Å². The van der Waals surface area contributed by atoms with Crippen molar-refractivity contribution in [3.8, 4) is 0 Å². The highest BCUT2D eigenvalue weighted by atomic mass is 16.5. The zero-order valence-corrected chi connectivity index (χ0v) is 7.31. The summed E-state index contributed by atoms with van der Waals surface area (Å²) in [6.07, 6.45) is 1.19. The van der Waals surface area contributed by atoms with Gasteiger partial charge in [0.1, 0.15) is 0 Å². The van der Waals surface area contributed by atoms with Crippen molar-refractivity contribution >= 4 is 0 Å². The Labute approximate surface area is 64.0 Å². The third kappa shape index (κ3) is 3.85. The van der Waals surface area contributed by atoms with Crippen molar-refractivity contribution < 1.29 is 4.74 Å². The molecule has 1 aliphatic heterocycles. The van der Waals surface area contributed by atoms with Crippen LogP contribution in [0.4, 0.5) is 0 Å². The fourth-order valence-electron chi connectivity index (χ4n) is 0.984. The lowest BCUT2D eigenvalue weighted by molar-refractivity contribution is 0.190. The van der Waals surface area contributed by atoms with Crippen molar-refractivity contribution in [2.45, 2.75) is 33.2 Å². The Kier molecular flexibility index (Phi) is 6.98. The second-order valence-corrected chi connectivity index (χ2v) is 2.12. The highest BCUT2D eigenvalue weighted by Crippen LogP contribution is 2.01. The summed E-state index contributed by atoms with van der Waals surface area (Å²) in [7, 11) is 0. The summed E-state index contributed by atoms with van der Waals surface area (Å²) in [4.78, 5) is 0. The first kappa shape index (κ1) is 9.92. The fourth-order valence-corrected chi connectivity index (χ4v) is 0.984. The number of hydrogen-bond acceptors (Lipinski definition) is 2. The summed E-state index contributed by atoms with van der Waals surface area (Å²) in [5.74, 6) is 0. The molecule has 1 atom stereocenters. The highest BCUT2D eigenvalue weighted by Gasteiger charge is 2.12. The quantitative estimate of drug-likeness (QED) is 0.634. The molecule has 10 heavy (non-hydrogen) atoms. The number of likely N-dealkylation sites (N-methyl/N-ethyl adjacent to an activating group) is 1. The summed E-state index contributed by atoms with van der Waals surface area (Å²) in [6.45, 7) is 9.04. The molecule has 0 aromatic rings. The topological polar surface area (TPSA) is 21.3 Å². The van der Waals surface area contributed by atoms with Crippen molar-refractivity contribution in [3.05, 3.63) is 0 Å². The van der Waals surface area contributed by atoms with Gasteiger partial charge in [-0.25, -0.2) is 0 Å². The van der Waals surface area contributed by atoms with Crippen LogP contribution in [-0.2, 0) is 4.74 Å². The molecule has 0 bridgehead atoms. The normalized spacial score (nSPS) is 23.7. The van der Waals surface area contributed by atoms with Crippen LogP contribution in [0.5, 0.6) is 0 Å². The Balaban J connectivity index is 0.000000371. The zero-order valence-electron chi connectivity index (χ0n) is 7.31. The Morgan fingerprint density at radius 1 is 1.50 bits per heavy atom. The van der Waals surface area contributed by atoms with Crippen molar-refractivity contribution in [1.29, 1.82) is 0 Å². The molecule has 0 radical (unpaired) electrons. The van der Waals surface area contributed by atoms with E-state index in [2.05, 4.69) is 12.2 Å². The number of nitrogens with one attached hydrogen (secondary N) is 1. The van der Waals surface area contributed by atoms with E-state index < -0.39 is 0 Å². The SMILES string of the molecule is CC.CCNC1CCOC1. The van der Waals surface area contributed by atoms with Gasteiger partial charge in [-0.1, -0.05) is 20.8 Å². The maximum absolute atomic E-state index is 5.15. The van der Waals surface area contributed by atoms with Crippen LogP contribution in [0.25, 0.3) is 0 Å². The molecule has 1 rings (SSSR count). The summed E-state index contributed by atoms with van der Waals surface area (Å²) in [5.41, 5.74) is 0. The molecule has 2 heteroatoms. The first-order valence-electron chi connectivity index (χ1n) is 4.24. The molecule has 1 fully saturated rings. The fraction of sp³-hybridized carbons (Fsp3) is 1.00. The molecule has 62 valence electrons. The lowest BCUT2D eigenvalue weighted by Gasteiger charge is -2.05. The van der Waals surface area contributed by atoms with Gasteiger partial charge in [0.2, 0.25) is 0 Å². The van der Waals surface area contributed by atoms with E-state index in [0.29, 0.717) is 6.04 Å². The molecular weight excluding hydrogens is 126 g/mol. The van der Waals surface area contributed by atoms with E-state index in [4.69, 9.17) is 4.74 Å². The van der Waals surface area contributed by atoms with E-state index in [-0.39, 0.29) is 0 Å². The minimum atomic E-state index is 0.639. The Hall–Kier alpha value is -0.0800. The van der Waals surface area contributed by atoms with Crippen LogP contribution in [-0.4, -0.2) is 25.8 Å². The van der Waals surface area contributed by atoms with E-state index in [1.807, 2.05) is 13.8 Å². The molecule has 0 saturated carbocycles. The lowest BCUT2D eigenvalue weighted by atomic mass is 10.3. The maximum atomic E-state index is 5.15. The summed E-state index contributed by atoms with van der Waals surface area (Å²) >= 11 is 0. The second kappa shape index (κ2) is 7.03. The molecule has 2 nitrogen and oxygen atoms in total. The van der Waals surface area contributed by atoms with Gasteiger partial charge in [0.25, 0.3) is 0 Å². The minimum absolute atomic E-state index is 0.639. The first-order chi connectivity index (χ1) is 4.93. The van der Waals surface area contributed by atoms with Crippen molar-refractivity contribution in [1.82, 2.24) is 5.32 Å². The first-order valence-corrected chi connectivity index (χ1v) is 4.24. The van der Waals surface area contributed by atoms with Gasteiger partial charge in [0, 0.05) is 12.6 Å². The second-order valence-electron chi connectivity index (χ2n) is 2.12. The van der Waals surface area contributed by atoms with Crippen LogP contribution in [0.2, 0.25) is 0 Å². The summed E-state index contributed by atoms with van der Waals surface area (Å²) in [6, 6.07) is 0.639. The number of ether oxygens (including phenoxy) is 1. The maximum Gasteiger partial charge on any atom is 0.0620 e.